The molecule has 1 saturated heterocycles. The molecule has 0 spiro atoms. The molecule has 0 atom stereocenters. The minimum absolute atomic E-state index is 0.0883. The maximum absolute atomic E-state index is 13.4. The third-order valence-electron chi connectivity index (χ3n) is 5.34. The first kappa shape index (κ1) is 27.8. The highest BCUT2D eigenvalue weighted by Crippen LogP contribution is 2.36. The summed E-state index contributed by atoms with van der Waals surface area (Å²) in [5, 5.41) is 16.3. The zero-order chi connectivity index (χ0) is 29.0. The Hall–Kier alpha value is -5.24. The predicted molar refractivity (Wildman–Crippen MR) is 136 cm³/mol. The fraction of sp³-hybridized carbons (Fsp3) is 0.120. The van der Waals surface area contributed by atoms with Crippen LogP contribution in [0.5, 0.6) is 5.75 Å². The van der Waals surface area contributed by atoms with Crippen LogP contribution in [0.15, 0.2) is 58.6 Å². The Balaban J connectivity index is 1.57. The Kier molecular flexibility index (Phi) is 8.09. The van der Waals surface area contributed by atoms with Gasteiger partial charge in [0.25, 0.3) is 11.8 Å². The van der Waals surface area contributed by atoms with Gasteiger partial charge in [0.2, 0.25) is 11.5 Å². The molecule has 4 amide bonds. The van der Waals surface area contributed by atoms with Gasteiger partial charge in [0.05, 0.1) is 18.6 Å². The normalized spacial score (nSPS) is 13.8. The van der Waals surface area contributed by atoms with Gasteiger partial charge in [-0.15, -0.1) is 0 Å². The Morgan fingerprint density at radius 2 is 2.00 bits per heavy atom. The van der Waals surface area contributed by atoms with E-state index in [1.54, 1.807) is 0 Å². The van der Waals surface area contributed by atoms with Crippen LogP contribution in [0.4, 0.5) is 20.6 Å². The lowest BCUT2D eigenvalue weighted by molar-refractivity contribution is -0.385. The molecule has 1 aromatic heterocycles. The first-order chi connectivity index (χ1) is 19.0. The summed E-state index contributed by atoms with van der Waals surface area (Å²) < 4.78 is 28.7. The summed E-state index contributed by atoms with van der Waals surface area (Å²) in [5.74, 6) is -3.34. The number of rotatable bonds is 9. The van der Waals surface area contributed by atoms with Crippen molar-refractivity contribution >= 4 is 52.9 Å². The molecule has 0 aliphatic carbocycles. The second kappa shape index (κ2) is 11.7. The minimum atomic E-state index is -0.833. The van der Waals surface area contributed by atoms with Crippen LogP contribution in [0.2, 0.25) is 5.02 Å². The number of hydrogen-bond acceptors (Lipinski definition) is 9. The van der Waals surface area contributed by atoms with Crippen LogP contribution in [-0.2, 0) is 20.9 Å². The predicted octanol–water partition coefficient (Wildman–Crippen LogP) is 3.88. The van der Waals surface area contributed by atoms with E-state index >= 15 is 0 Å². The molecule has 2 heterocycles. The number of methoxy groups -OCH3 is 1. The molecule has 1 aliphatic rings. The number of benzene rings is 2. The lowest BCUT2D eigenvalue weighted by Gasteiger charge is -2.11. The van der Waals surface area contributed by atoms with E-state index in [4.69, 9.17) is 20.8 Å². The maximum atomic E-state index is 13.4. The van der Waals surface area contributed by atoms with Gasteiger partial charge < -0.3 is 24.5 Å². The smallest absolute Gasteiger partial charge is 0.373 e. The first-order valence-electron chi connectivity index (χ1n) is 11.2. The number of amides is 4. The van der Waals surface area contributed by atoms with Crippen LogP contribution < -0.4 is 15.4 Å². The number of halogens is 2. The fourth-order valence-electron chi connectivity index (χ4n) is 3.60. The van der Waals surface area contributed by atoms with Gasteiger partial charge in [-0.2, -0.15) is 0 Å². The number of anilines is 1. The highest BCUT2D eigenvalue weighted by molar-refractivity contribution is 6.31. The van der Waals surface area contributed by atoms with E-state index in [0.29, 0.717) is 0 Å². The Morgan fingerprint density at radius 3 is 2.70 bits per heavy atom. The number of nitrogens with one attached hydrogen (secondary N) is 2. The highest BCUT2D eigenvalue weighted by atomic mass is 35.5. The van der Waals surface area contributed by atoms with Gasteiger partial charge >= 0.3 is 17.7 Å². The number of carbonyl (C=O) groups is 4. The zero-order valence-corrected chi connectivity index (χ0v) is 21.2. The third-order valence-corrected chi connectivity index (χ3v) is 5.56. The van der Waals surface area contributed by atoms with Crippen molar-refractivity contribution in [3.63, 3.8) is 0 Å². The summed E-state index contributed by atoms with van der Waals surface area (Å²) >= 11 is 6.04. The van der Waals surface area contributed by atoms with Gasteiger partial charge in [0, 0.05) is 22.3 Å². The molecule has 13 nitrogen and oxygen atoms in total. The van der Waals surface area contributed by atoms with Crippen molar-refractivity contribution in [3.8, 4) is 5.75 Å². The summed E-state index contributed by atoms with van der Waals surface area (Å²) in [6.07, 6.45) is 1.10. The molecule has 15 heteroatoms. The first-order valence-corrected chi connectivity index (χ1v) is 11.6. The van der Waals surface area contributed by atoms with Gasteiger partial charge in [-0.05, 0) is 42.5 Å². The minimum Gasteiger partial charge on any atom is -0.476 e. The van der Waals surface area contributed by atoms with E-state index in [0.717, 1.165) is 30.2 Å². The van der Waals surface area contributed by atoms with Crippen LogP contribution >= 0.6 is 11.6 Å². The molecular weight excluding hydrogens is 555 g/mol. The lowest BCUT2D eigenvalue weighted by atomic mass is 10.1. The molecule has 1 fully saturated rings. The van der Waals surface area contributed by atoms with E-state index in [9.17, 15) is 33.7 Å². The summed E-state index contributed by atoms with van der Waals surface area (Å²) in [4.78, 5) is 61.1. The van der Waals surface area contributed by atoms with Crippen molar-refractivity contribution in [1.82, 2.24) is 10.2 Å². The molecule has 0 radical (unpaired) electrons. The number of ether oxygens (including phenoxy) is 2. The summed E-state index contributed by atoms with van der Waals surface area (Å²) in [6, 6.07) is 9.14. The SMILES string of the molecule is COC(=O)c1ccc(CN2C(=O)N/C(=C\c3cc(Cl)cc([N+](=O)[O-])c3OCC(=O)Nc3cccc(F)c3)C2=O)o1. The molecule has 2 aromatic carbocycles. The lowest BCUT2D eigenvalue weighted by Crippen LogP contribution is -2.30. The van der Waals surface area contributed by atoms with Crippen LogP contribution in [0.1, 0.15) is 21.9 Å². The van der Waals surface area contributed by atoms with Crippen LogP contribution in [-0.4, -0.2) is 47.4 Å². The molecule has 206 valence electrons. The monoisotopic (exact) mass is 572 g/mol. The number of esters is 1. The van der Waals surface area contributed by atoms with Crippen molar-refractivity contribution in [3.05, 3.63) is 92.3 Å². The largest absolute Gasteiger partial charge is 0.476 e. The van der Waals surface area contributed by atoms with E-state index in [-0.39, 0.29) is 40.0 Å². The zero-order valence-electron chi connectivity index (χ0n) is 20.4. The molecule has 3 aromatic rings. The van der Waals surface area contributed by atoms with Gasteiger partial charge in [0.1, 0.15) is 17.3 Å². The van der Waals surface area contributed by atoms with E-state index in [1.807, 2.05) is 0 Å². The summed E-state index contributed by atoms with van der Waals surface area (Å²) in [5.41, 5.74) is -0.849. The molecule has 4 rings (SSSR count). The molecule has 0 bridgehead atoms. The quantitative estimate of drug-likeness (QED) is 0.127. The number of nitro groups is 1. The number of furan rings is 1. The number of imide groups is 1. The summed E-state index contributed by atoms with van der Waals surface area (Å²) in [6.45, 7) is -1.05. The van der Waals surface area contributed by atoms with Crippen molar-refractivity contribution in [2.24, 2.45) is 0 Å². The molecule has 40 heavy (non-hydrogen) atoms. The number of urea groups is 1. The molecular formula is C25H18ClFN4O9. The van der Waals surface area contributed by atoms with Gasteiger partial charge in [-0.25, -0.2) is 14.0 Å². The number of carbonyl (C=O) groups excluding carboxylic acids is 4. The van der Waals surface area contributed by atoms with Crippen molar-refractivity contribution in [2.45, 2.75) is 6.54 Å². The number of nitro benzene ring substituents is 1. The second-order valence-electron chi connectivity index (χ2n) is 8.08. The Bertz CT molecular complexity index is 1570. The molecule has 1 aliphatic heterocycles. The van der Waals surface area contributed by atoms with Crippen LogP contribution in [0.25, 0.3) is 6.08 Å². The van der Waals surface area contributed by atoms with Crippen molar-refractivity contribution in [2.75, 3.05) is 19.0 Å². The Morgan fingerprint density at radius 1 is 1.23 bits per heavy atom. The topological polar surface area (TPSA) is 170 Å². The molecule has 0 saturated carbocycles. The Labute approximate surface area is 229 Å². The maximum Gasteiger partial charge on any atom is 0.373 e. The fourth-order valence-corrected chi connectivity index (χ4v) is 3.82. The average molecular weight is 573 g/mol. The van der Waals surface area contributed by atoms with Crippen LogP contribution in [0.3, 0.4) is 0 Å². The van der Waals surface area contributed by atoms with Crippen molar-refractivity contribution < 1.29 is 42.4 Å². The van der Waals surface area contributed by atoms with E-state index in [2.05, 4.69) is 15.4 Å². The third kappa shape index (κ3) is 6.24. The molecule has 0 unspecified atom stereocenters. The molecule has 2 N–H and O–H groups in total. The number of nitrogens with zero attached hydrogens (tertiary/aromatic N) is 2. The van der Waals surface area contributed by atoms with E-state index in [1.165, 1.54) is 36.4 Å². The average Bonchev–Trinajstić information content (AvgIpc) is 3.47. The standard InChI is InChI=1S/C25H18ClFN4O9/c1-38-24(34)20-6-5-17(40-20)11-30-23(33)18(29-25(30)35)8-13-7-14(26)9-19(31(36)37)22(13)39-12-21(32)28-16-4-2-3-15(27)10-16/h2-10H,11-12H2,1H3,(H,28,32)(H,29,35)/b18-8-. The number of hydrogen-bond donors (Lipinski definition) is 2. The highest BCUT2D eigenvalue weighted by Gasteiger charge is 2.35. The second-order valence-corrected chi connectivity index (χ2v) is 8.52. The van der Waals surface area contributed by atoms with Crippen molar-refractivity contribution in [1.29, 1.82) is 0 Å². The van der Waals surface area contributed by atoms with E-state index < -0.39 is 52.6 Å². The van der Waals surface area contributed by atoms with Gasteiger partial charge in [-0.3, -0.25) is 24.6 Å². The van der Waals surface area contributed by atoms with Gasteiger partial charge in [0.15, 0.2) is 6.61 Å². The summed E-state index contributed by atoms with van der Waals surface area (Å²) in [7, 11) is 1.16. The van der Waals surface area contributed by atoms with Crippen LogP contribution in [0, 0.1) is 15.9 Å². The van der Waals surface area contributed by atoms with Gasteiger partial charge in [-0.1, -0.05) is 17.7 Å².